The van der Waals surface area contributed by atoms with E-state index in [2.05, 4.69) is 33.6 Å². The smallest absolute Gasteiger partial charge is 0.208 e. The fourth-order valence-corrected chi connectivity index (χ4v) is 2.90. The largest absolute Gasteiger partial charge is 0.497 e. The van der Waals surface area contributed by atoms with Crippen molar-refractivity contribution in [3.8, 4) is 35.2 Å². The lowest BCUT2D eigenvalue weighted by Gasteiger charge is -2.00. The van der Waals surface area contributed by atoms with E-state index in [9.17, 15) is 0 Å². The van der Waals surface area contributed by atoms with E-state index in [0.29, 0.717) is 11.5 Å². The average Bonchev–Trinajstić information content (AvgIpc) is 3.17. The summed E-state index contributed by atoms with van der Waals surface area (Å²) in [6, 6.07) is 17.1. The Labute approximate surface area is 175 Å². The predicted molar refractivity (Wildman–Crippen MR) is 116 cm³/mol. The SMILES string of the molecule is COc1ccc(C#Cc2nc(C#Cc3ccc(OC)cc3)c3ccn(C)c3n2)cc1. The summed E-state index contributed by atoms with van der Waals surface area (Å²) in [7, 11) is 5.22. The van der Waals surface area contributed by atoms with E-state index in [0.717, 1.165) is 33.7 Å². The lowest BCUT2D eigenvalue weighted by atomic mass is 10.2. The van der Waals surface area contributed by atoms with E-state index in [1.54, 1.807) is 14.2 Å². The molecule has 5 nitrogen and oxygen atoms in total. The molecule has 0 aliphatic heterocycles. The molecule has 2 heterocycles. The van der Waals surface area contributed by atoms with Crippen molar-refractivity contribution in [2.24, 2.45) is 7.05 Å². The fraction of sp³-hybridized carbons (Fsp3) is 0.120. The van der Waals surface area contributed by atoms with Gasteiger partial charge in [0.1, 0.15) is 22.8 Å². The van der Waals surface area contributed by atoms with Gasteiger partial charge in [0.2, 0.25) is 5.82 Å². The molecule has 0 saturated carbocycles. The highest BCUT2D eigenvalue weighted by Gasteiger charge is 2.08. The number of fused-ring (bicyclic) bond motifs is 1. The van der Waals surface area contributed by atoms with E-state index in [1.165, 1.54) is 0 Å². The van der Waals surface area contributed by atoms with Crippen molar-refractivity contribution < 1.29 is 9.47 Å². The predicted octanol–water partition coefficient (Wildman–Crippen LogP) is 3.79. The first-order valence-corrected chi connectivity index (χ1v) is 9.31. The third-order valence-electron chi connectivity index (χ3n) is 4.55. The summed E-state index contributed by atoms with van der Waals surface area (Å²) < 4.78 is 12.3. The maximum absolute atomic E-state index is 5.19. The number of methoxy groups -OCH3 is 2. The van der Waals surface area contributed by atoms with Gasteiger partial charge >= 0.3 is 0 Å². The third kappa shape index (κ3) is 4.11. The maximum atomic E-state index is 5.19. The van der Waals surface area contributed by atoms with Crippen LogP contribution in [0.15, 0.2) is 60.8 Å². The van der Waals surface area contributed by atoms with Crippen LogP contribution in [0.2, 0.25) is 0 Å². The Morgan fingerprint density at radius 3 is 1.83 bits per heavy atom. The molecule has 0 N–H and O–H groups in total. The van der Waals surface area contributed by atoms with Crippen molar-refractivity contribution in [2.45, 2.75) is 0 Å². The molecule has 0 amide bonds. The zero-order valence-electron chi connectivity index (χ0n) is 16.9. The molecule has 5 heteroatoms. The number of ether oxygens (including phenoxy) is 2. The van der Waals surface area contributed by atoms with Gasteiger partial charge in [0, 0.05) is 24.4 Å². The van der Waals surface area contributed by atoms with Gasteiger partial charge in [0.15, 0.2) is 0 Å². The maximum Gasteiger partial charge on any atom is 0.208 e. The topological polar surface area (TPSA) is 49.2 Å². The number of rotatable bonds is 2. The molecule has 0 radical (unpaired) electrons. The van der Waals surface area contributed by atoms with E-state index in [1.807, 2.05) is 72.4 Å². The first-order valence-electron chi connectivity index (χ1n) is 9.31. The second kappa shape index (κ2) is 8.43. The second-order valence-corrected chi connectivity index (χ2v) is 6.52. The molecule has 4 aromatic rings. The van der Waals surface area contributed by atoms with Crippen molar-refractivity contribution in [3.63, 3.8) is 0 Å². The molecule has 0 saturated heterocycles. The van der Waals surface area contributed by atoms with Crippen LogP contribution in [0.5, 0.6) is 11.5 Å². The van der Waals surface area contributed by atoms with Gasteiger partial charge in [-0.05, 0) is 66.4 Å². The summed E-state index contributed by atoms with van der Waals surface area (Å²) in [5, 5.41) is 0.897. The summed E-state index contributed by atoms with van der Waals surface area (Å²) >= 11 is 0. The van der Waals surface area contributed by atoms with Crippen LogP contribution < -0.4 is 9.47 Å². The van der Waals surface area contributed by atoms with Crippen molar-refractivity contribution in [3.05, 3.63) is 83.4 Å². The number of hydrogen-bond acceptors (Lipinski definition) is 4. The van der Waals surface area contributed by atoms with Gasteiger partial charge < -0.3 is 14.0 Å². The molecule has 0 unspecified atom stereocenters. The van der Waals surface area contributed by atoms with E-state index in [-0.39, 0.29) is 0 Å². The minimum absolute atomic E-state index is 0.430. The van der Waals surface area contributed by atoms with Crippen LogP contribution in [0.1, 0.15) is 22.6 Å². The number of aromatic nitrogens is 3. The van der Waals surface area contributed by atoms with Gasteiger partial charge in [-0.3, -0.25) is 0 Å². The minimum atomic E-state index is 0.430. The lowest BCUT2D eigenvalue weighted by molar-refractivity contribution is 0.414. The lowest BCUT2D eigenvalue weighted by Crippen LogP contribution is -1.97. The van der Waals surface area contributed by atoms with Crippen molar-refractivity contribution in [1.82, 2.24) is 14.5 Å². The van der Waals surface area contributed by atoms with Crippen LogP contribution in [-0.2, 0) is 7.05 Å². The molecule has 0 spiro atoms. The molecular weight excluding hydrogens is 374 g/mol. The average molecular weight is 393 g/mol. The molecule has 0 aliphatic rings. The number of hydrogen-bond donors (Lipinski definition) is 0. The van der Waals surface area contributed by atoms with Crippen LogP contribution in [-0.4, -0.2) is 28.8 Å². The quantitative estimate of drug-likeness (QED) is 0.486. The second-order valence-electron chi connectivity index (χ2n) is 6.52. The van der Waals surface area contributed by atoms with Crippen LogP contribution >= 0.6 is 0 Å². The van der Waals surface area contributed by atoms with Gasteiger partial charge in [-0.25, -0.2) is 9.97 Å². The Morgan fingerprint density at radius 1 is 0.700 bits per heavy atom. The first kappa shape index (κ1) is 19.1. The highest BCUT2D eigenvalue weighted by Crippen LogP contribution is 2.17. The highest BCUT2D eigenvalue weighted by atomic mass is 16.5. The zero-order valence-corrected chi connectivity index (χ0v) is 16.9. The molecule has 2 aromatic carbocycles. The fourth-order valence-electron chi connectivity index (χ4n) is 2.90. The Bertz CT molecular complexity index is 1310. The molecule has 30 heavy (non-hydrogen) atoms. The van der Waals surface area contributed by atoms with E-state index in [4.69, 9.17) is 9.47 Å². The molecule has 4 rings (SSSR count). The van der Waals surface area contributed by atoms with Gasteiger partial charge in [0.05, 0.1) is 19.6 Å². The van der Waals surface area contributed by atoms with Gasteiger partial charge in [-0.1, -0.05) is 11.8 Å². The van der Waals surface area contributed by atoms with Crippen molar-refractivity contribution >= 4 is 11.0 Å². The van der Waals surface area contributed by atoms with Crippen molar-refractivity contribution in [1.29, 1.82) is 0 Å². The Kier molecular flexibility index (Phi) is 5.37. The molecule has 0 bridgehead atoms. The van der Waals surface area contributed by atoms with E-state index < -0.39 is 0 Å². The standard InChI is InChI=1S/C25H19N3O2/c1-28-17-16-22-23(14-8-18-4-10-20(29-2)11-5-18)26-24(27-25(22)28)15-9-19-6-12-21(30-3)13-7-19/h4-7,10-13,16-17H,1-3H3. The molecular formula is C25H19N3O2. The molecule has 0 aliphatic carbocycles. The van der Waals surface area contributed by atoms with Crippen molar-refractivity contribution in [2.75, 3.05) is 14.2 Å². The number of aryl methyl sites for hydroxylation is 1. The summed E-state index contributed by atoms with van der Waals surface area (Å²) in [5.74, 6) is 14.5. The summed E-state index contributed by atoms with van der Waals surface area (Å²) in [5.41, 5.74) is 3.18. The Hall–Kier alpha value is -4.22. The van der Waals surface area contributed by atoms with Gasteiger partial charge in [-0.2, -0.15) is 0 Å². The molecule has 2 aromatic heterocycles. The van der Waals surface area contributed by atoms with Crippen LogP contribution in [0.25, 0.3) is 11.0 Å². The first-order chi connectivity index (χ1) is 14.7. The summed E-state index contributed by atoms with van der Waals surface area (Å²) in [4.78, 5) is 9.18. The molecule has 146 valence electrons. The Morgan fingerprint density at radius 2 is 1.27 bits per heavy atom. The normalized spacial score (nSPS) is 9.97. The van der Waals surface area contributed by atoms with Gasteiger partial charge in [0.25, 0.3) is 0 Å². The number of nitrogens with zero attached hydrogens (tertiary/aromatic N) is 3. The summed E-state index contributed by atoms with van der Waals surface area (Å²) in [6.45, 7) is 0. The summed E-state index contributed by atoms with van der Waals surface area (Å²) in [6.07, 6.45) is 1.94. The van der Waals surface area contributed by atoms with Gasteiger partial charge in [-0.15, -0.1) is 0 Å². The van der Waals surface area contributed by atoms with E-state index >= 15 is 0 Å². The number of benzene rings is 2. The monoisotopic (exact) mass is 393 g/mol. The molecule has 0 atom stereocenters. The highest BCUT2D eigenvalue weighted by molar-refractivity contribution is 5.82. The van der Waals surface area contributed by atoms with Crippen LogP contribution in [0.3, 0.4) is 0 Å². The van der Waals surface area contributed by atoms with Crippen LogP contribution in [0.4, 0.5) is 0 Å². The minimum Gasteiger partial charge on any atom is -0.497 e. The third-order valence-corrected chi connectivity index (χ3v) is 4.55. The zero-order chi connectivity index (χ0) is 20.9. The van der Waals surface area contributed by atoms with Crippen LogP contribution in [0, 0.1) is 23.7 Å². The molecule has 0 fully saturated rings. The Balaban J connectivity index is 1.71.